The molecule has 2 aromatic heterocycles. The van der Waals surface area contributed by atoms with Gasteiger partial charge in [-0.1, -0.05) is 68.4 Å². The summed E-state index contributed by atoms with van der Waals surface area (Å²) in [6, 6.07) is 39.7. The van der Waals surface area contributed by atoms with Gasteiger partial charge < -0.3 is 4.57 Å². The van der Waals surface area contributed by atoms with Crippen LogP contribution in [0.15, 0.2) is 109 Å². The van der Waals surface area contributed by atoms with Crippen LogP contribution in [0.2, 0.25) is 0 Å². The molecular weight excluding hydrogens is 468 g/mol. The standard InChI is InChI=1S/C34H24N2S/c1-34(2)27-11-5-3-9-23(27)25-19-26-24-10-4-7-13-30(24)36(31(26)20-28(25)34)22-17-15-21(16-18-22)33-35-29-12-6-8-14-32(29)37-33/h3-20H,1-2H3. The normalized spacial score (nSPS) is 13.9. The van der Waals surface area contributed by atoms with Crippen molar-refractivity contribution in [1.29, 1.82) is 0 Å². The van der Waals surface area contributed by atoms with Crippen molar-refractivity contribution >= 4 is 43.4 Å². The first kappa shape index (κ1) is 20.9. The highest BCUT2D eigenvalue weighted by molar-refractivity contribution is 7.21. The van der Waals surface area contributed by atoms with Gasteiger partial charge in [0, 0.05) is 27.4 Å². The van der Waals surface area contributed by atoms with Crippen LogP contribution in [0.25, 0.3) is 59.4 Å². The van der Waals surface area contributed by atoms with Crippen LogP contribution in [0.5, 0.6) is 0 Å². The molecule has 2 nitrogen and oxygen atoms in total. The quantitative estimate of drug-likeness (QED) is 0.235. The second kappa shape index (κ2) is 7.41. The molecule has 0 aliphatic heterocycles. The molecule has 8 rings (SSSR count). The average Bonchev–Trinajstić information content (AvgIpc) is 3.57. The zero-order valence-electron chi connectivity index (χ0n) is 20.7. The molecule has 0 amide bonds. The Bertz CT molecular complexity index is 1970. The number of aromatic nitrogens is 2. The number of fused-ring (bicyclic) bond motifs is 7. The predicted octanol–water partition coefficient (Wildman–Crippen LogP) is 9.37. The molecule has 0 unspecified atom stereocenters. The van der Waals surface area contributed by atoms with Gasteiger partial charge in [0.05, 0.1) is 21.3 Å². The highest BCUT2D eigenvalue weighted by Gasteiger charge is 2.36. The molecule has 0 saturated heterocycles. The maximum Gasteiger partial charge on any atom is 0.124 e. The van der Waals surface area contributed by atoms with Crippen molar-refractivity contribution < 1.29 is 0 Å². The van der Waals surface area contributed by atoms with E-state index in [1.54, 1.807) is 11.3 Å². The van der Waals surface area contributed by atoms with Gasteiger partial charge in [0.1, 0.15) is 5.01 Å². The molecule has 0 bridgehead atoms. The zero-order chi connectivity index (χ0) is 24.7. The maximum absolute atomic E-state index is 4.86. The first-order chi connectivity index (χ1) is 18.1. The van der Waals surface area contributed by atoms with E-state index in [-0.39, 0.29) is 5.41 Å². The second-order valence-electron chi connectivity index (χ2n) is 10.5. The Morgan fingerprint density at radius 3 is 2.27 bits per heavy atom. The van der Waals surface area contributed by atoms with E-state index < -0.39 is 0 Å². The van der Waals surface area contributed by atoms with Crippen molar-refractivity contribution in [2.24, 2.45) is 0 Å². The summed E-state index contributed by atoms with van der Waals surface area (Å²) >= 11 is 1.75. The van der Waals surface area contributed by atoms with Crippen LogP contribution in [0.3, 0.4) is 0 Å². The summed E-state index contributed by atoms with van der Waals surface area (Å²) in [6.07, 6.45) is 0. The summed E-state index contributed by atoms with van der Waals surface area (Å²) in [4.78, 5) is 4.86. The zero-order valence-corrected chi connectivity index (χ0v) is 21.5. The predicted molar refractivity (Wildman–Crippen MR) is 157 cm³/mol. The van der Waals surface area contributed by atoms with Crippen molar-refractivity contribution in [3.8, 4) is 27.4 Å². The average molecular weight is 493 g/mol. The van der Waals surface area contributed by atoms with Gasteiger partial charge >= 0.3 is 0 Å². The SMILES string of the molecule is CC1(C)c2ccccc2-c2cc3c4ccccc4n(-c4ccc(-c5nc6ccccc6s5)cc4)c3cc21. The fourth-order valence-corrected chi connectivity index (χ4v) is 7.16. The third-order valence-electron chi connectivity index (χ3n) is 8.04. The number of hydrogen-bond donors (Lipinski definition) is 0. The van der Waals surface area contributed by atoms with Crippen molar-refractivity contribution in [3.05, 3.63) is 120 Å². The van der Waals surface area contributed by atoms with E-state index in [4.69, 9.17) is 4.98 Å². The van der Waals surface area contributed by atoms with E-state index in [0.717, 1.165) is 16.1 Å². The Hall–Kier alpha value is -4.21. The van der Waals surface area contributed by atoms with Crippen molar-refractivity contribution in [1.82, 2.24) is 9.55 Å². The molecule has 0 atom stereocenters. The van der Waals surface area contributed by atoms with Gasteiger partial charge in [-0.15, -0.1) is 11.3 Å². The minimum atomic E-state index is -0.0297. The molecule has 2 heterocycles. The summed E-state index contributed by atoms with van der Waals surface area (Å²) in [5, 5.41) is 3.65. The van der Waals surface area contributed by atoms with E-state index in [9.17, 15) is 0 Å². The van der Waals surface area contributed by atoms with Crippen LogP contribution in [0, 0.1) is 0 Å². The van der Waals surface area contributed by atoms with Crippen LogP contribution in [-0.2, 0) is 5.41 Å². The molecule has 37 heavy (non-hydrogen) atoms. The molecule has 0 radical (unpaired) electrons. The first-order valence-electron chi connectivity index (χ1n) is 12.7. The minimum absolute atomic E-state index is 0.0297. The Morgan fingerprint density at radius 1 is 0.649 bits per heavy atom. The van der Waals surface area contributed by atoms with E-state index in [2.05, 4.69) is 122 Å². The molecule has 1 aliphatic carbocycles. The molecule has 176 valence electrons. The Kier molecular flexibility index (Phi) is 4.19. The fraction of sp³-hybridized carbons (Fsp3) is 0.0882. The topological polar surface area (TPSA) is 17.8 Å². The third-order valence-corrected chi connectivity index (χ3v) is 9.13. The van der Waals surface area contributed by atoms with E-state index >= 15 is 0 Å². The Morgan fingerprint density at radius 2 is 1.41 bits per heavy atom. The van der Waals surface area contributed by atoms with Crippen LogP contribution in [-0.4, -0.2) is 9.55 Å². The van der Waals surface area contributed by atoms with Gasteiger partial charge in [-0.25, -0.2) is 4.98 Å². The monoisotopic (exact) mass is 492 g/mol. The number of thiazole rings is 1. The van der Waals surface area contributed by atoms with Gasteiger partial charge in [0.2, 0.25) is 0 Å². The maximum atomic E-state index is 4.86. The number of rotatable bonds is 2. The lowest BCUT2D eigenvalue weighted by Gasteiger charge is -2.21. The van der Waals surface area contributed by atoms with Crippen LogP contribution in [0.1, 0.15) is 25.0 Å². The molecule has 3 heteroatoms. The van der Waals surface area contributed by atoms with E-state index in [1.165, 1.54) is 54.4 Å². The van der Waals surface area contributed by atoms with Gasteiger partial charge in [0.15, 0.2) is 0 Å². The summed E-state index contributed by atoms with van der Waals surface area (Å²) in [5.41, 5.74) is 11.4. The van der Waals surface area contributed by atoms with E-state index in [1.807, 2.05) is 6.07 Å². The van der Waals surface area contributed by atoms with Crippen molar-refractivity contribution in [3.63, 3.8) is 0 Å². The summed E-state index contributed by atoms with van der Waals surface area (Å²) in [7, 11) is 0. The minimum Gasteiger partial charge on any atom is -0.309 e. The van der Waals surface area contributed by atoms with Gasteiger partial charge in [-0.05, 0) is 76.9 Å². The number of para-hydroxylation sites is 2. The van der Waals surface area contributed by atoms with Crippen LogP contribution in [0.4, 0.5) is 0 Å². The molecule has 7 aromatic rings. The largest absolute Gasteiger partial charge is 0.309 e. The molecule has 0 fully saturated rings. The lowest BCUT2D eigenvalue weighted by molar-refractivity contribution is 0.661. The Labute approximate surface area is 219 Å². The van der Waals surface area contributed by atoms with Crippen LogP contribution >= 0.6 is 11.3 Å². The third kappa shape index (κ3) is 2.89. The summed E-state index contributed by atoms with van der Waals surface area (Å²) in [5.74, 6) is 0. The second-order valence-corrected chi connectivity index (χ2v) is 11.5. The molecule has 5 aromatic carbocycles. The number of nitrogens with zero attached hydrogens (tertiary/aromatic N) is 2. The van der Waals surface area contributed by atoms with Gasteiger partial charge in [-0.2, -0.15) is 0 Å². The van der Waals surface area contributed by atoms with Crippen molar-refractivity contribution in [2.45, 2.75) is 19.3 Å². The van der Waals surface area contributed by atoms with Gasteiger partial charge in [-0.3, -0.25) is 0 Å². The van der Waals surface area contributed by atoms with Crippen LogP contribution < -0.4 is 0 Å². The molecular formula is C34H24N2S. The number of hydrogen-bond acceptors (Lipinski definition) is 2. The molecule has 0 spiro atoms. The lowest BCUT2D eigenvalue weighted by atomic mass is 9.82. The van der Waals surface area contributed by atoms with Gasteiger partial charge in [0.25, 0.3) is 0 Å². The first-order valence-corrected chi connectivity index (χ1v) is 13.6. The Balaban J connectivity index is 1.34. The van der Waals surface area contributed by atoms with Crippen molar-refractivity contribution in [2.75, 3.05) is 0 Å². The lowest BCUT2D eigenvalue weighted by Crippen LogP contribution is -2.14. The van der Waals surface area contributed by atoms with E-state index in [0.29, 0.717) is 0 Å². The highest BCUT2D eigenvalue weighted by Crippen LogP contribution is 2.50. The smallest absolute Gasteiger partial charge is 0.124 e. The molecule has 1 aliphatic rings. The summed E-state index contributed by atoms with van der Waals surface area (Å²) in [6.45, 7) is 4.70. The molecule has 0 N–H and O–H groups in total. The molecule has 0 saturated carbocycles. The summed E-state index contributed by atoms with van der Waals surface area (Å²) < 4.78 is 3.65. The fourth-order valence-electron chi connectivity index (χ4n) is 6.19. The number of benzene rings is 5. The highest BCUT2D eigenvalue weighted by atomic mass is 32.1.